The highest BCUT2D eigenvalue weighted by Crippen LogP contribution is 2.32. The number of carbonyl (C=O) groups is 2. The molecule has 1 fully saturated rings. The smallest absolute Gasteiger partial charge is 0.325 e. The van der Waals surface area contributed by atoms with E-state index < -0.39 is 5.97 Å². The van der Waals surface area contributed by atoms with E-state index in [-0.39, 0.29) is 23.3 Å². The van der Waals surface area contributed by atoms with Crippen molar-refractivity contribution in [3.8, 4) is 5.75 Å². The predicted octanol–water partition coefficient (Wildman–Crippen LogP) is 6.05. The first kappa shape index (κ1) is 26.6. The number of thiocarbonyl (C=S) groups is 1. The number of methoxy groups -OCH3 is 1. The molecule has 0 bridgehead atoms. The summed E-state index contributed by atoms with van der Waals surface area (Å²) in [6.07, 6.45) is 2.60. The first-order valence-electron chi connectivity index (χ1n) is 11.8. The summed E-state index contributed by atoms with van der Waals surface area (Å²) < 4.78 is 11.6. The van der Waals surface area contributed by atoms with Gasteiger partial charge in [-0.25, -0.2) is 0 Å². The second-order valence-corrected chi connectivity index (χ2v) is 9.82. The number of benzene rings is 3. The van der Waals surface area contributed by atoms with Crippen molar-refractivity contribution in [1.82, 2.24) is 4.90 Å². The molecule has 0 aromatic heterocycles. The van der Waals surface area contributed by atoms with Gasteiger partial charge in [0.05, 0.1) is 17.3 Å². The Morgan fingerprint density at radius 3 is 2.32 bits per heavy atom. The molecule has 0 atom stereocenters. The van der Waals surface area contributed by atoms with Gasteiger partial charge in [0.2, 0.25) is 0 Å². The largest absolute Gasteiger partial charge is 0.488 e. The van der Waals surface area contributed by atoms with Gasteiger partial charge in [-0.2, -0.15) is 0 Å². The van der Waals surface area contributed by atoms with Crippen molar-refractivity contribution in [3.05, 3.63) is 99.2 Å². The Morgan fingerprint density at radius 1 is 1.03 bits per heavy atom. The Labute approximate surface area is 230 Å². The molecule has 1 amide bonds. The summed E-state index contributed by atoms with van der Waals surface area (Å²) in [4.78, 5) is 28.6. The van der Waals surface area contributed by atoms with E-state index in [1.807, 2.05) is 73.7 Å². The van der Waals surface area contributed by atoms with Gasteiger partial charge in [0.1, 0.15) is 24.6 Å². The third-order valence-electron chi connectivity index (χ3n) is 6.03. The van der Waals surface area contributed by atoms with Crippen molar-refractivity contribution in [2.75, 3.05) is 18.6 Å². The zero-order chi connectivity index (χ0) is 26.5. The summed E-state index contributed by atoms with van der Waals surface area (Å²) in [5, 5.41) is 0.225. The first-order valence-corrected chi connectivity index (χ1v) is 13.0. The zero-order valence-electron chi connectivity index (χ0n) is 20.9. The summed E-state index contributed by atoms with van der Waals surface area (Å²) in [5.74, 6) is -0.126. The molecule has 0 radical (unpaired) electrons. The number of halogens is 1. The minimum absolute atomic E-state index is 0.171. The molecule has 6 nitrogen and oxygen atoms in total. The lowest BCUT2D eigenvalue weighted by Crippen LogP contribution is -2.35. The molecule has 1 saturated heterocycles. The van der Waals surface area contributed by atoms with E-state index in [0.29, 0.717) is 18.0 Å². The van der Waals surface area contributed by atoms with Crippen molar-refractivity contribution in [2.45, 2.75) is 26.9 Å². The molecule has 0 N–H and O–H groups in total. The Bertz CT molecular complexity index is 1350. The standard InChI is InChI=1S/C29H27BrN2O4S/c1-4-20-9-12-23(13-10-20)32-28(34)25(31(29(32)37)17-27(33)35-3)16-22-11-14-26(24(30)15-22)36-18-21-7-5-19(2)6-8-21/h5-16H,4,17-18H2,1-3H3/b25-16-. The maximum atomic E-state index is 13.5. The molecule has 3 aromatic rings. The molecule has 4 rings (SSSR count). The number of amides is 1. The second-order valence-electron chi connectivity index (χ2n) is 8.60. The Kier molecular flexibility index (Phi) is 8.41. The Balaban J connectivity index is 1.60. The van der Waals surface area contributed by atoms with Crippen molar-refractivity contribution < 1.29 is 19.1 Å². The molecular formula is C29H27BrN2O4S. The molecule has 37 heavy (non-hydrogen) atoms. The van der Waals surface area contributed by atoms with Gasteiger partial charge < -0.3 is 14.4 Å². The Hall–Kier alpha value is -3.49. The number of hydrogen-bond donors (Lipinski definition) is 0. The zero-order valence-corrected chi connectivity index (χ0v) is 23.3. The van der Waals surface area contributed by atoms with Crippen LogP contribution in [0.2, 0.25) is 0 Å². The summed E-state index contributed by atoms with van der Waals surface area (Å²) in [5.41, 5.74) is 5.10. The molecule has 1 heterocycles. The monoisotopic (exact) mass is 578 g/mol. The quantitative estimate of drug-likeness (QED) is 0.184. The number of aryl methyl sites for hydroxylation is 2. The molecule has 0 saturated carbocycles. The fraction of sp³-hybridized carbons (Fsp3) is 0.207. The van der Waals surface area contributed by atoms with Crippen LogP contribution < -0.4 is 9.64 Å². The van der Waals surface area contributed by atoms with Gasteiger partial charge in [-0.05, 0) is 88.5 Å². The van der Waals surface area contributed by atoms with E-state index in [1.54, 1.807) is 6.08 Å². The topological polar surface area (TPSA) is 59.1 Å². The lowest BCUT2D eigenvalue weighted by atomic mass is 10.1. The number of nitrogens with zero attached hydrogens (tertiary/aromatic N) is 2. The molecule has 190 valence electrons. The molecule has 0 spiro atoms. The van der Waals surface area contributed by atoms with Crippen molar-refractivity contribution >= 4 is 56.9 Å². The average Bonchev–Trinajstić information content (AvgIpc) is 3.13. The van der Waals surface area contributed by atoms with Gasteiger partial charge in [-0.15, -0.1) is 0 Å². The van der Waals surface area contributed by atoms with Crippen LogP contribution in [0.15, 0.2) is 76.9 Å². The number of hydrogen-bond acceptors (Lipinski definition) is 5. The normalized spacial score (nSPS) is 14.4. The van der Waals surface area contributed by atoms with Crippen LogP contribution in [-0.4, -0.2) is 35.5 Å². The summed E-state index contributed by atoms with van der Waals surface area (Å²) >= 11 is 9.20. The van der Waals surface area contributed by atoms with Crippen LogP contribution in [0.3, 0.4) is 0 Å². The highest BCUT2D eigenvalue weighted by Gasteiger charge is 2.40. The van der Waals surface area contributed by atoms with Crippen LogP contribution in [0, 0.1) is 6.92 Å². The fourth-order valence-corrected chi connectivity index (χ4v) is 4.72. The molecular weight excluding hydrogens is 552 g/mol. The molecule has 0 unspecified atom stereocenters. The van der Waals surface area contributed by atoms with E-state index in [0.717, 1.165) is 27.6 Å². The van der Waals surface area contributed by atoms with Crippen LogP contribution >= 0.6 is 28.1 Å². The number of rotatable bonds is 8. The lowest BCUT2D eigenvalue weighted by Gasteiger charge is -2.19. The Morgan fingerprint density at radius 2 is 1.70 bits per heavy atom. The fourth-order valence-electron chi connectivity index (χ4n) is 3.86. The second kappa shape index (κ2) is 11.7. The third-order valence-corrected chi connectivity index (χ3v) is 7.05. The number of ether oxygens (including phenoxy) is 2. The van der Waals surface area contributed by atoms with Crippen LogP contribution in [-0.2, 0) is 27.4 Å². The SMILES string of the molecule is CCc1ccc(N2C(=O)/C(=C/c3ccc(OCc4ccc(C)cc4)c(Br)c3)N(CC(=O)OC)C2=S)cc1. The molecule has 1 aliphatic rings. The van der Waals surface area contributed by atoms with E-state index in [9.17, 15) is 9.59 Å². The van der Waals surface area contributed by atoms with Gasteiger partial charge in [0.25, 0.3) is 5.91 Å². The van der Waals surface area contributed by atoms with Crippen LogP contribution in [0.4, 0.5) is 5.69 Å². The maximum absolute atomic E-state index is 13.5. The van der Waals surface area contributed by atoms with Crippen LogP contribution in [0.1, 0.15) is 29.2 Å². The van der Waals surface area contributed by atoms with Gasteiger partial charge in [-0.1, -0.05) is 55.0 Å². The highest BCUT2D eigenvalue weighted by atomic mass is 79.9. The average molecular weight is 580 g/mol. The van der Waals surface area contributed by atoms with E-state index >= 15 is 0 Å². The first-order chi connectivity index (χ1) is 17.8. The minimum Gasteiger partial charge on any atom is -0.488 e. The number of esters is 1. The van der Waals surface area contributed by atoms with Crippen LogP contribution in [0.5, 0.6) is 5.75 Å². The minimum atomic E-state index is -0.495. The van der Waals surface area contributed by atoms with E-state index in [1.165, 1.54) is 22.5 Å². The van der Waals surface area contributed by atoms with Gasteiger partial charge in [0.15, 0.2) is 5.11 Å². The summed E-state index contributed by atoms with van der Waals surface area (Å²) in [7, 11) is 1.31. The van der Waals surface area contributed by atoms with Crippen molar-refractivity contribution in [1.29, 1.82) is 0 Å². The molecule has 1 aliphatic heterocycles. The van der Waals surface area contributed by atoms with Crippen LogP contribution in [0.25, 0.3) is 6.08 Å². The predicted molar refractivity (Wildman–Crippen MR) is 152 cm³/mol. The van der Waals surface area contributed by atoms with Crippen molar-refractivity contribution in [2.24, 2.45) is 0 Å². The maximum Gasteiger partial charge on any atom is 0.325 e. The van der Waals surface area contributed by atoms with Gasteiger partial charge in [-0.3, -0.25) is 14.5 Å². The highest BCUT2D eigenvalue weighted by molar-refractivity contribution is 9.10. The van der Waals surface area contributed by atoms with Crippen molar-refractivity contribution in [3.63, 3.8) is 0 Å². The number of carbonyl (C=O) groups excluding carboxylic acids is 2. The lowest BCUT2D eigenvalue weighted by molar-refractivity contribution is -0.140. The molecule has 8 heteroatoms. The number of anilines is 1. The molecule has 3 aromatic carbocycles. The van der Waals surface area contributed by atoms with Gasteiger partial charge in [0, 0.05) is 0 Å². The van der Waals surface area contributed by atoms with E-state index in [4.69, 9.17) is 21.7 Å². The van der Waals surface area contributed by atoms with E-state index in [2.05, 4.69) is 22.9 Å². The third kappa shape index (κ3) is 6.09. The van der Waals surface area contributed by atoms with Gasteiger partial charge >= 0.3 is 5.97 Å². The molecule has 0 aliphatic carbocycles. The summed E-state index contributed by atoms with van der Waals surface area (Å²) in [6, 6.07) is 21.4. The summed E-state index contributed by atoms with van der Waals surface area (Å²) in [6.45, 7) is 4.38.